The maximum atomic E-state index is 12.0. The molecule has 3 atom stereocenters. The third-order valence-corrected chi connectivity index (χ3v) is 5.10. The van der Waals surface area contributed by atoms with Gasteiger partial charge in [-0.2, -0.15) is 0 Å². The van der Waals surface area contributed by atoms with E-state index in [4.69, 9.17) is 4.74 Å². The first-order valence-corrected chi connectivity index (χ1v) is 6.81. The highest BCUT2D eigenvalue weighted by atomic mass is 16.6. The number of hydrogen-bond acceptors (Lipinski definition) is 4. The largest absolute Gasteiger partial charge is 0.384 e. The number of hydrogen-bond donors (Lipinski definition) is 2. The number of carbonyl (C=O) groups is 1. The Bertz CT molecular complexity index is 518. The summed E-state index contributed by atoms with van der Waals surface area (Å²) in [6.45, 7) is 5.80. The number of allylic oxidation sites excluding steroid dienone is 2. The average Bonchev–Trinajstić information content (AvgIpc) is 2.72. The van der Waals surface area contributed by atoms with Crippen molar-refractivity contribution < 1.29 is 19.7 Å². The summed E-state index contributed by atoms with van der Waals surface area (Å²) in [5, 5.41) is 21.9. The molecule has 1 heterocycles. The van der Waals surface area contributed by atoms with Crippen molar-refractivity contribution in [2.75, 3.05) is 6.61 Å². The minimum Gasteiger partial charge on any atom is -0.384 e. The molecule has 3 rings (SSSR count). The molecule has 1 fully saturated rings. The fourth-order valence-corrected chi connectivity index (χ4v) is 3.74. The van der Waals surface area contributed by atoms with Gasteiger partial charge in [0.2, 0.25) is 5.79 Å². The topological polar surface area (TPSA) is 66.8 Å². The van der Waals surface area contributed by atoms with Crippen LogP contribution in [0, 0.1) is 11.3 Å². The van der Waals surface area contributed by atoms with Crippen LogP contribution in [0.5, 0.6) is 0 Å². The van der Waals surface area contributed by atoms with E-state index in [1.54, 1.807) is 6.08 Å². The molecule has 19 heavy (non-hydrogen) atoms. The van der Waals surface area contributed by atoms with Crippen LogP contribution in [0.1, 0.15) is 33.6 Å². The van der Waals surface area contributed by atoms with Gasteiger partial charge in [0.05, 0.1) is 6.61 Å². The van der Waals surface area contributed by atoms with Crippen molar-refractivity contribution >= 4 is 5.78 Å². The second kappa shape index (κ2) is 3.57. The fourth-order valence-electron chi connectivity index (χ4n) is 3.74. The molecule has 2 N–H and O–H groups in total. The van der Waals surface area contributed by atoms with E-state index in [0.717, 1.165) is 0 Å². The number of ether oxygens (including phenoxy) is 1. The Hall–Kier alpha value is -0.970. The van der Waals surface area contributed by atoms with Gasteiger partial charge in [-0.3, -0.25) is 4.79 Å². The predicted molar refractivity (Wildman–Crippen MR) is 69.2 cm³/mol. The lowest BCUT2D eigenvalue weighted by Crippen LogP contribution is -2.64. The highest BCUT2D eigenvalue weighted by Crippen LogP contribution is 2.58. The molecule has 4 heteroatoms. The first-order valence-electron chi connectivity index (χ1n) is 6.81. The first-order chi connectivity index (χ1) is 8.75. The van der Waals surface area contributed by atoms with Gasteiger partial charge in [-0.1, -0.05) is 26.8 Å². The van der Waals surface area contributed by atoms with E-state index in [0.29, 0.717) is 24.0 Å². The van der Waals surface area contributed by atoms with E-state index in [2.05, 4.69) is 0 Å². The van der Waals surface area contributed by atoms with Crippen LogP contribution >= 0.6 is 0 Å². The average molecular weight is 264 g/mol. The van der Waals surface area contributed by atoms with Gasteiger partial charge < -0.3 is 14.9 Å². The Balaban J connectivity index is 2.21. The smallest absolute Gasteiger partial charge is 0.220 e. The summed E-state index contributed by atoms with van der Waals surface area (Å²) in [5.74, 6) is -2.00. The minimum absolute atomic E-state index is 0.0830. The molecule has 0 saturated heterocycles. The van der Waals surface area contributed by atoms with Gasteiger partial charge in [-0.15, -0.1) is 0 Å². The third-order valence-electron chi connectivity index (χ3n) is 5.10. The molecule has 4 nitrogen and oxygen atoms in total. The molecule has 0 unspecified atom stereocenters. The highest BCUT2D eigenvalue weighted by Gasteiger charge is 2.65. The van der Waals surface area contributed by atoms with Crippen molar-refractivity contribution in [3.8, 4) is 0 Å². The third kappa shape index (κ3) is 1.37. The molecule has 0 amide bonds. The molecule has 0 radical (unpaired) electrons. The van der Waals surface area contributed by atoms with Crippen LogP contribution in [-0.4, -0.2) is 34.0 Å². The van der Waals surface area contributed by atoms with Gasteiger partial charge in [-0.25, -0.2) is 0 Å². The van der Waals surface area contributed by atoms with E-state index in [1.807, 2.05) is 26.8 Å². The maximum absolute atomic E-state index is 12.0. The molecule has 2 aliphatic carbocycles. The van der Waals surface area contributed by atoms with Crippen molar-refractivity contribution in [3.05, 3.63) is 23.3 Å². The van der Waals surface area contributed by atoms with E-state index >= 15 is 0 Å². The zero-order valence-corrected chi connectivity index (χ0v) is 11.6. The van der Waals surface area contributed by atoms with Crippen LogP contribution in [-0.2, 0) is 9.53 Å². The van der Waals surface area contributed by atoms with Crippen molar-refractivity contribution in [2.45, 2.75) is 45.0 Å². The number of aliphatic hydroxyl groups is 2. The predicted octanol–water partition coefficient (Wildman–Crippen LogP) is 1.33. The van der Waals surface area contributed by atoms with Gasteiger partial charge in [0.15, 0.2) is 5.78 Å². The van der Waals surface area contributed by atoms with Crippen LogP contribution in [0.4, 0.5) is 0 Å². The van der Waals surface area contributed by atoms with E-state index in [9.17, 15) is 15.0 Å². The summed E-state index contributed by atoms with van der Waals surface area (Å²) >= 11 is 0. The first kappa shape index (κ1) is 13.0. The summed E-state index contributed by atoms with van der Waals surface area (Å²) in [5.41, 5.74) is -0.633. The van der Waals surface area contributed by atoms with Gasteiger partial charge in [0.25, 0.3) is 0 Å². The molecular weight excluding hydrogens is 244 g/mol. The van der Waals surface area contributed by atoms with Crippen LogP contribution in [0.2, 0.25) is 0 Å². The second-order valence-electron chi connectivity index (χ2n) is 6.48. The molecule has 0 aromatic rings. The molecule has 0 spiro atoms. The quantitative estimate of drug-likeness (QED) is 0.750. The van der Waals surface area contributed by atoms with Gasteiger partial charge >= 0.3 is 0 Å². The molecule has 0 aromatic heterocycles. The number of carbonyl (C=O) groups excluding carboxylic acids is 1. The van der Waals surface area contributed by atoms with E-state index < -0.39 is 16.8 Å². The SMILES string of the molecule is CC(C)[C@]1(O)CC[C@@]2(C)C=CC(=O)C3=C2[C@@]1(O)OC3. The van der Waals surface area contributed by atoms with Crippen molar-refractivity contribution in [1.29, 1.82) is 0 Å². The molecule has 1 saturated carbocycles. The maximum Gasteiger partial charge on any atom is 0.220 e. The fraction of sp³-hybridized carbons (Fsp3) is 0.667. The van der Waals surface area contributed by atoms with Crippen LogP contribution in [0.3, 0.4) is 0 Å². The number of rotatable bonds is 1. The van der Waals surface area contributed by atoms with Gasteiger partial charge in [-0.05, 0) is 24.8 Å². The standard InChI is InChI=1S/C15H20O4/c1-9(2)14(17)7-6-13(3)5-4-11(16)10-8-19-15(14,18)12(10)13/h4-5,9,17-18H,6-8H2,1-3H3/t13-,14-,15-/m1/s1. The lowest BCUT2D eigenvalue weighted by Gasteiger charge is -2.53. The zero-order valence-electron chi connectivity index (χ0n) is 11.6. The van der Waals surface area contributed by atoms with Crippen LogP contribution in [0.15, 0.2) is 23.3 Å². The Morgan fingerprint density at radius 1 is 1.32 bits per heavy atom. The summed E-state index contributed by atoms with van der Waals surface area (Å²) in [6, 6.07) is 0. The van der Waals surface area contributed by atoms with Crippen molar-refractivity contribution in [3.63, 3.8) is 0 Å². The Morgan fingerprint density at radius 3 is 2.63 bits per heavy atom. The Labute approximate surface area is 112 Å². The Morgan fingerprint density at radius 2 is 2.00 bits per heavy atom. The minimum atomic E-state index is -1.73. The van der Waals surface area contributed by atoms with Crippen LogP contribution in [0.25, 0.3) is 0 Å². The molecular formula is C15H20O4. The molecule has 0 aromatic carbocycles. The summed E-state index contributed by atoms with van der Waals surface area (Å²) in [4.78, 5) is 12.0. The zero-order chi connectivity index (χ0) is 14.1. The van der Waals surface area contributed by atoms with E-state index in [-0.39, 0.29) is 18.3 Å². The highest BCUT2D eigenvalue weighted by molar-refractivity contribution is 6.07. The lowest BCUT2D eigenvalue weighted by atomic mass is 9.58. The second-order valence-corrected chi connectivity index (χ2v) is 6.48. The normalized spacial score (nSPS) is 45.1. The lowest BCUT2D eigenvalue weighted by molar-refractivity contribution is -0.294. The van der Waals surface area contributed by atoms with Crippen LogP contribution < -0.4 is 0 Å². The van der Waals surface area contributed by atoms with Crippen molar-refractivity contribution in [2.24, 2.45) is 11.3 Å². The molecule has 3 aliphatic rings. The monoisotopic (exact) mass is 264 g/mol. The number of ketones is 1. The summed E-state index contributed by atoms with van der Waals surface area (Å²) < 4.78 is 5.54. The summed E-state index contributed by atoms with van der Waals surface area (Å²) in [6.07, 6.45) is 4.56. The van der Waals surface area contributed by atoms with E-state index in [1.165, 1.54) is 0 Å². The summed E-state index contributed by atoms with van der Waals surface area (Å²) in [7, 11) is 0. The van der Waals surface area contributed by atoms with Gasteiger partial charge in [0, 0.05) is 16.6 Å². The molecule has 1 aliphatic heterocycles. The van der Waals surface area contributed by atoms with Gasteiger partial charge in [0.1, 0.15) is 5.60 Å². The Kier molecular flexibility index (Phi) is 2.45. The molecule has 104 valence electrons. The van der Waals surface area contributed by atoms with Crippen molar-refractivity contribution in [1.82, 2.24) is 0 Å². The molecule has 0 bridgehead atoms.